The van der Waals surface area contributed by atoms with Crippen molar-refractivity contribution < 1.29 is 9.47 Å². The molecule has 1 fully saturated rings. The largest absolute Gasteiger partial charge is 0.496 e. The highest BCUT2D eigenvalue weighted by Crippen LogP contribution is 2.34. The van der Waals surface area contributed by atoms with E-state index in [1.807, 2.05) is 36.4 Å². The molecule has 2 atom stereocenters. The molecule has 0 saturated carbocycles. The second-order valence-corrected chi connectivity index (χ2v) is 7.08. The van der Waals surface area contributed by atoms with Crippen molar-refractivity contribution in [3.63, 3.8) is 0 Å². The molecule has 0 N–H and O–H groups in total. The van der Waals surface area contributed by atoms with Gasteiger partial charge in [0.2, 0.25) is 0 Å². The summed E-state index contributed by atoms with van der Waals surface area (Å²) in [4.78, 5) is 1.25. The first kappa shape index (κ1) is 16.2. The van der Waals surface area contributed by atoms with Crippen molar-refractivity contribution in [2.75, 3.05) is 13.7 Å². The summed E-state index contributed by atoms with van der Waals surface area (Å²) in [5.41, 5.74) is 1.17. The Morgan fingerprint density at radius 1 is 1.13 bits per heavy atom. The molecule has 0 unspecified atom stereocenters. The van der Waals surface area contributed by atoms with Crippen molar-refractivity contribution in [3.8, 4) is 11.5 Å². The summed E-state index contributed by atoms with van der Waals surface area (Å²) in [5.74, 6) is 1.89. The highest BCUT2D eigenvalue weighted by Gasteiger charge is 2.31. The smallest absolute Gasteiger partial charge is 0.121 e. The molecular weight excluding hydrogens is 306 g/mol. The van der Waals surface area contributed by atoms with Gasteiger partial charge >= 0.3 is 0 Å². The van der Waals surface area contributed by atoms with Gasteiger partial charge in [0, 0.05) is 23.9 Å². The molecular formula is C19H23NO2S. The van der Waals surface area contributed by atoms with E-state index in [-0.39, 0.29) is 6.10 Å². The standard InChI is InChI=1S/C19H23NO2S/c1-14-11-18(9-10-19(14)21-3)23-20-13-17(12-15(20)2)22-16-7-5-4-6-8-16/h4-11,15,17H,12-13H2,1-3H3/t15-,17+/m1/s1. The summed E-state index contributed by atoms with van der Waals surface area (Å²) in [6.45, 7) is 5.28. The molecule has 122 valence electrons. The van der Waals surface area contributed by atoms with Crippen LogP contribution in [0.5, 0.6) is 11.5 Å². The van der Waals surface area contributed by atoms with Gasteiger partial charge in [-0.05, 0) is 61.7 Å². The quantitative estimate of drug-likeness (QED) is 0.750. The Morgan fingerprint density at radius 2 is 1.91 bits per heavy atom. The van der Waals surface area contributed by atoms with Crippen molar-refractivity contribution in [2.45, 2.75) is 37.3 Å². The third-order valence-electron chi connectivity index (χ3n) is 4.11. The number of rotatable bonds is 5. The molecule has 3 nitrogen and oxygen atoms in total. The van der Waals surface area contributed by atoms with Crippen LogP contribution in [-0.2, 0) is 0 Å². The summed E-state index contributed by atoms with van der Waals surface area (Å²) in [5, 5.41) is 0. The molecule has 1 aliphatic heterocycles. The molecule has 0 radical (unpaired) electrons. The number of aryl methyl sites for hydroxylation is 1. The molecule has 3 rings (SSSR count). The molecule has 0 bridgehead atoms. The van der Waals surface area contributed by atoms with Gasteiger partial charge in [0.05, 0.1) is 7.11 Å². The Kier molecular flexibility index (Phi) is 5.13. The fourth-order valence-electron chi connectivity index (χ4n) is 2.90. The Balaban J connectivity index is 1.62. The fourth-order valence-corrected chi connectivity index (χ4v) is 4.04. The van der Waals surface area contributed by atoms with Crippen molar-refractivity contribution in [2.24, 2.45) is 0 Å². The number of ether oxygens (including phenoxy) is 2. The summed E-state index contributed by atoms with van der Waals surface area (Å²) in [6, 6.07) is 16.9. The summed E-state index contributed by atoms with van der Waals surface area (Å²) in [6.07, 6.45) is 1.30. The van der Waals surface area contributed by atoms with Crippen LogP contribution in [0.3, 0.4) is 0 Å². The molecule has 23 heavy (non-hydrogen) atoms. The second kappa shape index (κ2) is 7.28. The number of methoxy groups -OCH3 is 1. The van der Waals surface area contributed by atoms with E-state index in [1.54, 1.807) is 19.1 Å². The lowest BCUT2D eigenvalue weighted by Crippen LogP contribution is -2.21. The lowest BCUT2D eigenvalue weighted by Gasteiger charge is -2.19. The number of benzene rings is 2. The summed E-state index contributed by atoms with van der Waals surface area (Å²) < 4.78 is 13.8. The van der Waals surface area contributed by atoms with E-state index in [1.165, 1.54) is 10.5 Å². The number of para-hydroxylation sites is 1. The molecule has 1 saturated heterocycles. The zero-order chi connectivity index (χ0) is 16.2. The Hall–Kier alpha value is -1.65. The average molecular weight is 329 g/mol. The molecule has 1 aliphatic rings. The lowest BCUT2D eigenvalue weighted by molar-refractivity contribution is 0.216. The van der Waals surface area contributed by atoms with Gasteiger partial charge in [0.1, 0.15) is 17.6 Å². The van der Waals surface area contributed by atoms with Crippen LogP contribution in [0.2, 0.25) is 0 Å². The normalized spacial score (nSPS) is 21.3. The predicted molar refractivity (Wildman–Crippen MR) is 95.2 cm³/mol. The van der Waals surface area contributed by atoms with Gasteiger partial charge < -0.3 is 9.47 Å². The monoisotopic (exact) mass is 329 g/mol. The zero-order valence-electron chi connectivity index (χ0n) is 13.9. The first-order valence-electron chi connectivity index (χ1n) is 7.96. The first-order valence-corrected chi connectivity index (χ1v) is 8.74. The maximum atomic E-state index is 6.10. The molecule has 0 aliphatic carbocycles. The third kappa shape index (κ3) is 4.01. The van der Waals surface area contributed by atoms with Crippen LogP contribution in [0, 0.1) is 6.92 Å². The van der Waals surface area contributed by atoms with Crippen LogP contribution in [0.1, 0.15) is 18.9 Å². The van der Waals surface area contributed by atoms with E-state index >= 15 is 0 Å². The van der Waals surface area contributed by atoms with Crippen molar-refractivity contribution in [3.05, 3.63) is 54.1 Å². The van der Waals surface area contributed by atoms with Crippen LogP contribution in [-0.4, -0.2) is 30.1 Å². The second-order valence-electron chi connectivity index (χ2n) is 5.96. The molecule has 0 amide bonds. The topological polar surface area (TPSA) is 21.7 Å². The van der Waals surface area contributed by atoms with Gasteiger partial charge in [-0.2, -0.15) is 0 Å². The Bertz CT molecular complexity index is 647. The Labute approximate surface area is 142 Å². The van der Waals surface area contributed by atoms with E-state index in [0.717, 1.165) is 24.5 Å². The third-order valence-corrected chi connectivity index (χ3v) is 5.32. The van der Waals surface area contributed by atoms with E-state index in [9.17, 15) is 0 Å². The predicted octanol–water partition coefficient (Wildman–Crippen LogP) is 4.55. The van der Waals surface area contributed by atoms with E-state index in [2.05, 4.69) is 30.3 Å². The van der Waals surface area contributed by atoms with Crippen molar-refractivity contribution >= 4 is 11.9 Å². The van der Waals surface area contributed by atoms with Crippen molar-refractivity contribution in [1.29, 1.82) is 0 Å². The molecule has 0 spiro atoms. The number of hydrogen-bond acceptors (Lipinski definition) is 4. The minimum absolute atomic E-state index is 0.249. The first-order chi connectivity index (χ1) is 11.2. The minimum Gasteiger partial charge on any atom is -0.496 e. The van der Waals surface area contributed by atoms with Crippen LogP contribution >= 0.6 is 11.9 Å². The van der Waals surface area contributed by atoms with Crippen LogP contribution < -0.4 is 9.47 Å². The summed E-state index contributed by atoms with van der Waals surface area (Å²) >= 11 is 1.80. The fraction of sp³-hybridized carbons (Fsp3) is 0.368. The minimum atomic E-state index is 0.249. The van der Waals surface area contributed by atoms with Gasteiger partial charge in [-0.15, -0.1) is 0 Å². The van der Waals surface area contributed by atoms with Crippen LogP contribution in [0.25, 0.3) is 0 Å². The molecule has 1 heterocycles. The summed E-state index contributed by atoms with van der Waals surface area (Å²) in [7, 11) is 1.71. The van der Waals surface area contributed by atoms with E-state index in [0.29, 0.717) is 6.04 Å². The van der Waals surface area contributed by atoms with Gasteiger partial charge in [-0.25, -0.2) is 4.31 Å². The molecule has 2 aromatic rings. The molecule has 2 aromatic carbocycles. The maximum Gasteiger partial charge on any atom is 0.121 e. The van der Waals surface area contributed by atoms with Gasteiger partial charge in [0.15, 0.2) is 0 Å². The van der Waals surface area contributed by atoms with Crippen molar-refractivity contribution in [1.82, 2.24) is 4.31 Å². The van der Waals surface area contributed by atoms with Gasteiger partial charge in [0.25, 0.3) is 0 Å². The maximum absolute atomic E-state index is 6.10. The van der Waals surface area contributed by atoms with Crippen LogP contribution in [0.15, 0.2) is 53.4 Å². The number of hydrogen-bond donors (Lipinski definition) is 0. The Morgan fingerprint density at radius 3 is 2.61 bits per heavy atom. The van der Waals surface area contributed by atoms with Crippen LogP contribution in [0.4, 0.5) is 0 Å². The lowest BCUT2D eigenvalue weighted by atomic mass is 10.2. The molecule has 0 aromatic heterocycles. The zero-order valence-corrected chi connectivity index (χ0v) is 14.7. The average Bonchev–Trinajstić information content (AvgIpc) is 2.88. The molecule has 4 heteroatoms. The highest BCUT2D eigenvalue weighted by molar-refractivity contribution is 7.97. The van der Waals surface area contributed by atoms with E-state index < -0.39 is 0 Å². The van der Waals surface area contributed by atoms with Gasteiger partial charge in [-0.3, -0.25) is 0 Å². The number of nitrogens with zero attached hydrogens (tertiary/aromatic N) is 1. The SMILES string of the molecule is COc1ccc(SN2C[C@@H](Oc3ccccc3)C[C@H]2C)cc1C. The van der Waals surface area contributed by atoms with E-state index in [4.69, 9.17) is 9.47 Å². The highest BCUT2D eigenvalue weighted by atomic mass is 32.2. The van der Waals surface area contributed by atoms with Gasteiger partial charge in [-0.1, -0.05) is 18.2 Å².